The molecule has 0 spiro atoms. The van der Waals surface area contributed by atoms with Crippen molar-refractivity contribution in [1.82, 2.24) is 5.32 Å². The van der Waals surface area contributed by atoms with Gasteiger partial charge in [0.2, 0.25) is 0 Å². The molecule has 21 heavy (non-hydrogen) atoms. The standard InChI is InChI=1S/C16H18ClNO3/c17-12-7-11(8-13-15(12)21-6-5-20-13)16(19)18-14(9-1-2-9)10-3-4-10/h7-10,14H,1-6H2,(H,18,19). The summed E-state index contributed by atoms with van der Waals surface area (Å²) >= 11 is 6.19. The first kappa shape index (κ1) is 13.3. The van der Waals surface area contributed by atoms with E-state index in [-0.39, 0.29) is 5.91 Å². The number of carbonyl (C=O) groups is 1. The number of amides is 1. The van der Waals surface area contributed by atoms with Gasteiger partial charge in [-0.2, -0.15) is 0 Å². The van der Waals surface area contributed by atoms with Gasteiger partial charge >= 0.3 is 0 Å². The summed E-state index contributed by atoms with van der Waals surface area (Å²) in [6, 6.07) is 3.73. The molecular weight excluding hydrogens is 290 g/mol. The minimum atomic E-state index is -0.0577. The maximum absolute atomic E-state index is 12.5. The smallest absolute Gasteiger partial charge is 0.251 e. The average Bonchev–Trinajstić information content (AvgIpc) is 3.38. The molecule has 4 nitrogen and oxygen atoms in total. The van der Waals surface area contributed by atoms with Crippen molar-refractivity contribution in [2.75, 3.05) is 13.2 Å². The molecule has 0 radical (unpaired) electrons. The van der Waals surface area contributed by atoms with Crippen molar-refractivity contribution >= 4 is 17.5 Å². The molecule has 1 aliphatic heterocycles. The summed E-state index contributed by atoms with van der Waals surface area (Å²) in [7, 11) is 0. The van der Waals surface area contributed by atoms with Crippen LogP contribution in [0.5, 0.6) is 11.5 Å². The van der Waals surface area contributed by atoms with Crippen LogP contribution in [0.4, 0.5) is 0 Å². The molecule has 0 atom stereocenters. The van der Waals surface area contributed by atoms with Crippen molar-refractivity contribution in [1.29, 1.82) is 0 Å². The molecule has 5 heteroatoms. The van der Waals surface area contributed by atoms with E-state index < -0.39 is 0 Å². The fourth-order valence-electron chi connectivity index (χ4n) is 3.01. The van der Waals surface area contributed by atoms with Crippen LogP contribution in [0.15, 0.2) is 12.1 Å². The summed E-state index contributed by atoms with van der Waals surface area (Å²) in [4.78, 5) is 12.5. The zero-order valence-electron chi connectivity index (χ0n) is 11.7. The second-order valence-corrected chi connectivity index (χ2v) is 6.56. The molecule has 0 aromatic heterocycles. The second-order valence-electron chi connectivity index (χ2n) is 6.16. The summed E-state index contributed by atoms with van der Waals surface area (Å²) in [5, 5.41) is 3.63. The van der Waals surface area contributed by atoms with Gasteiger partial charge in [0.1, 0.15) is 13.2 Å². The van der Waals surface area contributed by atoms with E-state index >= 15 is 0 Å². The number of ether oxygens (including phenoxy) is 2. The molecule has 1 N–H and O–H groups in total. The Morgan fingerprint density at radius 1 is 1.14 bits per heavy atom. The molecule has 1 aromatic rings. The van der Waals surface area contributed by atoms with Crippen molar-refractivity contribution in [3.8, 4) is 11.5 Å². The number of carbonyl (C=O) groups excluding carboxylic acids is 1. The third-order valence-electron chi connectivity index (χ3n) is 4.42. The minimum Gasteiger partial charge on any atom is -0.486 e. The summed E-state index contributed by atoms with van der Waals surface area (Å²) in [6.45, 7) is 0.977. The van der Waals surface area contributed by atoms with Crippen molar-refractivity contribution < 1.29 is 14.3 Å². The Morgan fingerprint density at radius 2 is 1.81 bits per heavy atom. The number of hydrogen-bond acceptors (Lipinski definition) is 3. The van der Waals surface area contributed by atoms with Crippen LogP contribution in [0.3, 0.4) is 0 Å². The molecule has 112 valence electrons. The lowest BCUT2D eigenvalue weighted by molar-refractivity contribution is 0.0925. The Kier molecular flexibility index (Phi) is 3.21. The zero-order chi connectivity index (χ0) is 14.4. The predicted octanol–water partition coefficient (Wildman–Crippen LogP) is 3.03. The van der Waals surface area contributed by atoms with Crippen molar-refractivity contribution in [3.63, 3.8) is 0 Å². The maximum Gasteiger partial charge on any atom is 0.251 e. The van der Waals surface area contributed by atoms with E-state index in [4.69, 9.17) is 21.1 Å². The highest BCUT2D eigenvalue weighted by atomic mass is 35.5. The summed E-state index contributed by atoms with van der Waals surface area (Å²) in [5.74, 6) is 2.40. The summed E-state index contributed by atoms with van der Waals surface area (Å²) < 4.78 is 11.0. The lowest BCUT2D eigenvalue weighted by Crippen LogP contribution is -2.38. The van der Waals surface area contributed by atoms with Crippen molar-refractivity contribution in [3.05, 3.63) is 22.7 Å². The van der Waals surface area contributed by atoms with E-state index in [0.29, 0.717) is 53.2 Å². The van der Waals surface area contributed by atoms with Gasteiger partial charge in [-0.25, -0.2) is 0 Å². The van der Waals surface area contributed by atoms with Crippen LogP contribution in [0, 0.1) is 11.8 Å². The third-order valence-corrected chi connectivity index (χ3v) is 4.70. The van der Waals surface area contributed by atoms with Gasteiger partial charge in [-0.1, -0.05) is 11.6 Å². The van der Waals surface area contributed by atoms with Crippen LogP contribution in [0.1, 0.15) is 36.0 Å². The molecule has 0 bridgehead atoms. The molecule has 0 unspecified atom stereocenters. The summed E-state index contributed by atoms with van der Waals surface area (Å²) in [5.41, 5.74) is 0.551. The predicted molar refractivity (Wildman–Crippen MR) is 79.1 cm³/mol. The molecule has 0 saturated heterocycles. The first-order chi connectivity index (χ1) is 10.2. The van der Waals surface area contributed by atoms with Crippen molar-refractivity contribution in [2.24, 2.45) is 11.8 Å². The van der Waals surface area contributed by atoms with Crippen LogP contribution >= 0.6 is 11.6 Å². The van der Waals surface area contributed by atoms with Gasteiger partial charge in [0.05, 0.1) is 5.02 Å². The van der Waals surface area contributed by atoms with Crippen LogP contribution in [-0.2, 0) is 0 Å². The van der Waals surface area contributed by atoms with E-state index in [2.05, 4.69) is 5.32 Å². The highest BCUT2D eigenvalue weighted by Gasteiger charge is 2.42. The van der Waals surface area contributed by atoms with Gasteiger partial charge in [-0.15, -0.1) is 0 Å². The zero-order valence-corrected chi connectivity index (χ0v) is 12.5. The topological polar surface area (TPSA) is 47.6 Å². The molecule has 1 amide bonds. The number of rotatable bonds is 4. The fraction of sp³-hybridized carbons (Fsp3) is 0.562. The Bertz CT molecular complexity index is 569. The normalized spacial score (nSPS) is 20.5. The molecule has 4 rings (SSSR count). The van der Waals surface area contributed by atoms with Gasteiger partial charge in [0.15, 0.2) is 11.5 Å². The highest BCUT2D eigenvalue weighted by Crippen LogP contribution is 2.45. The van der Waals surface area contributed by atoms with Crippen LogP contribution in [0.25, 0.3) is 0 Å². The lowest BCUT2D eigenvalue weighted by Gasteiger charge is -2.21. The Morgan fingerprint density at radius 3 is 2.48 bits per heavy atom. The van der Waals surface area contributed by atoms with E-state index in [1.165, 1.54) is 25.7 Å². The minimum absolute atomic E-state index is 0.0577. The van der Waals surface area contributed by atoms with Gasteiger partial charge in [-0.05, 0) is 49.7 Å². The number of hydrogen-bond donors (Lipinski definition) is 1. The molecule has 2 aliphatic carbocycles. The third kappa shape index (κ3) is 2.69. The number of nitrogens with one attached hydrogen (secondary N) is 1. The number of fused-ring (bicyclic) bond motifs is 1. The SMILES string of the molecule is O=C(NC(C1CC1)C1CC1)c1cc(Cl)c2c(c1)OCCO2. The van der Waals surface area contributed by atoms with E-state index in [9.17, 15) is 4.79 Å². The van der Waals surface area contributed by atoms with E-state index in [1.54, 1.807) is 12.1 Å². The quantitative estimate of drug-likeness (QED) is 0.930. The fourth-order valence-corrected chi connectivity index (χ4v) is 3.27. The van der Waals surface area contributed by atoms with Gasteiger partial charge in [-0.3, -0.25) is 4.79 Å². The molecule has 3 aliphatic rings. The van der Waals surface area contributed by atoms with Crippen LogP contribution in [-0.4, -0.2) is 25.2 Å². The second kappa shape index (κ2) is 5.09. The molecule has 2 fully saturated rings. The Balaban J connectivity index is 1.54. The maximum atomic E-state index is 12.5. The molecular formula is C16H18ClNO3. The van der Waals surface area contributed by atoms with Gasteiger partial charge < -0.3 is 14.8 Å². The van der Waals surface area contributed by atoms with E-state index in [1.807, 2.05) is 0 Å². The van der Waals surface area contributed by atoms with Crippen molar-refractivity contribution in [2.45, 2.75) is 31.7 Å². The first-order valence-electron chi connectivity index (χ1n) is 7.62. The van der Waals surface area contributed by atoms with Crippen LogP contribution in [0.2, 0.25) is 5.02 Å². The first-order valence-corrected chi connectivity index (χ1v) is 8.00. The van der Waals surface area contributed by atoms with E-state index in [0.717, 1.165) is 0 Å². The largest absolute Gasteiger partial charge is 0.486 e. The highest BCUT2D eigenvalue weighted by molar-refractivity contribution is 6.32. The Labute approximate surface area is 128 Å². The molecule has 1 aromatic carbocycles. The average molecular weight is 308 g/mol. The lowest BCUT2D eigenvalue weighted by atomic mass is 10.1. The summed E-state index contributed by atoms with van der Waals surface area (Å²) in [6.07, 6.45) is 4.96. The number of benzene rings is 1. The van der Waals surface area contributed by atoms with Crippen LogP contribution < -0.4 is 14.8 Å². The van der Waals surface area contributed by atoms with Gasteiger partial charge in [0, 0.05) is 11.6 Å². The number of halogens is 1. The monoisotopic (exact) mass is 307 g/mol. The molecule has 2 saturated carbocycles. The Hall–Kier alpha value is -1.42. The van der Waals surface area contributed by atoms with Gasteiger partial charge in [0.25, 0.3) is 5.91 Å². The molecule has 1 heterocycles.